The Morgan fingerprint density at radius 1 is 1.32 bits per heavy atom. The minimum absolute atomic E-state index is 0.170. The molecule has 1 amide bonds. The number of alkyl halides is 3. The molecule has 0 unspecified atom stereocenters. The standard InChI is InChI=1S/C15H16F3N3O/c16-15(17,18)10-20(8-11-5-6-11)14(22)9-21-13-4-2-1-3-12(13)7-19-21/h1-4,7,11H,5-6,8-10H2. The van der Waals surface area contributed by atoms with Crippen LogP contribution >= 0.6 is 0 Å². The summed E-state index contributed by atoms with van der Waals surface area (Å²) in [5.74, 6) is -0.334. The van der Waals surface area contributed by atoms with Gasteiger partial charge in [0.2, 0.25) is 5.91 Å². The zero-order chi connectivity index (χ0) is 15.7. The van der Waals surface area contributed by atoms with E-state index in [2.05, 4.69) is 5.10 Å². The smallest absolute Gasteiger partial charge is 0.332 e. The second-order valence-corrected chi connectivity index (χ2v) is 5.69. The van der Waals surface area contributed by atoms with Crippen molar-refractivity contribution in [3.8, 4) is 0 Å². The van der Waals surface area contributed by atoms with Crippen molar-refractivity contribution < 1.29 is 18.0 Å². The summed E-state index contributed by atoms with van der Waals surface area (Å²) in [5.41, 5.74) is 0.745. The van der Waals surface area contributed by atoms with Crippen molar-refractivity contribution in [3.05, 3.63) is 30.5 Å². The van der Waals surface area contributed by atoms with Crippen LogP contribution < -0.4 is 0 Å². The van der Waals surface area contributed by atoms with Crippen molar-refractivity contribution in [2.45, 2.75) is 25.6 Å². The molecule has 1 fully saturated rings. The summed E-state index contributed by atoms with van der Waals surface area (Å²) in [7, 11) is 0. The van der Waals surface area contributed by atoms with Crippen LogP contribution in [0.5, 0.6) is 0 Å². The number of hydrogen-bond acceptors (Lipinski definition) is 2. The Hall–Kier alpha value is -2.05. The average Bonchev–Trinajstić information content (AvgIpc) is 3.17. The quantitative estimate of drug-likeness (QED) is 0.851. The average molecular weight is 311 g/mol. The largest absolute Gasteiger partial charge is 0.406 e. The molecule has 0 N–H and O–H groups in total. The summed E-state index contributed by atoms with van der Waals surface area (Å²) in [6, 6.07) is 7.30. The summed E-state index contributed by atoms with van der Waals surface area (Å²) in [4.78, 5) is 13.2. The number of aromatic nitrogens is 2. The van der Waals surface area contributed by atoms with Gasteiger partial charge in [-0.1, -0.05) is 18.2 Å². The number of fused-ring (bicyclic) bond motifs is 1. The number of halogens is 3. The summed E-state index contributed by atoms with van der Waals surface area (Å²) >= 11 is 0. The highest BCUT2D eigenvalue weighted by Crippen LogP contribution is 2.31. The molecule has 0 bridgehead atoms. The first-order valence-corrected chi connectivity index (χ1v) is 7.17. The van der Waals surface area contributed by atoms with E-state index in [0.717, 1.165) is 28.6 Å². The van der Waals surface area contributed by atoms with Crippen LogP contribution in [0, 0.1) is 5.92 Å². The molecule has 1 aliphatic carbocycles. The number of carbonyl (C=O) groups is 1. The van der Waals surface area contributed by atoms with E-state index in [-0.39, 0.29) is 19.0 Å². The topological polar surface area (TPSA) is 38.1 Å². The van der Waals surface area contributed by atoms with Crippen molar-refractivity contribution in [2.75, 3.05) is 13.1 Å². The molecule has 0 radical (unpaired) electrons. The van der Waals surface area contributed by atoms with E-state index in [1.165, 1.54) is 4.68 Å². The molecule has 4 nitrogen and oxygen atoms in total. The van der Waals surface area contributed by atoms with E-state index in [1.54, 1.807) is 12.3 Å². The molecule has 0 spiro atoms. The fourth-order valence-electron chi connectivity index (χ4n) is 2.46. The molecule has 0 atom stereocenters. The lowest BCUT2D eigenvalue weighted by atomic mass is 10.2. The maximum absolute atomic E-state index is 12.7. The van der Waals surface area contributed by atoms with Crippen LogP contribution in [0.2, 0.25) is 0 Å². The van der Waals surface area contributed by atoms with E-state index in [9.17, 15) is 18.0 Å². The third-order valence-electron chi connectivity index (χ3n) is 3.73. The van der Waals surface area contributed by atoms with Gasteiger partial charge in [-0.2, -0.15) is 18.3 Å². The summed E-state index contributed by atoms with van der Waals surface area (Å²) < 4.78 is 39.4. The highest BCUT2D eigenvalue weighted by Gasteiger charge is 2.36. The highest BCUT2D eigenvalue weighted by molar-refractivity contribution is 5.82. The zero-order valence-corrected chi connectivity index (χ0v) is 11.9. The van der Waals surface area contributed by atoms with Crippen LogP contribution in [-0.2, 0) is 11.3 Å². The molecule has 0 aliphatic heterocycles. The third kappa shape index (κ3) is 3.58. The molecule has 1 aliphatic rings. The third-order valence-corrected chi connectivity index (χ3v) is 3.73. The SMILES string of the molecule is O=C(Cn1ncc2ccccc21)N(CC1CC1)CC(F)(F)F. The van der Waals surface area contributed by atoms with Gasteiger partial charge < -0.3 is 4.90 Å². The van der Waals surface area contributed by atoms with Gasteiger partial charge in [0.05, 0.1) is 11.7 Å². The van der Waals surface area contributed by atoms with E-state index in [0.29, 0.717) is 0 Å². The molecule has 0 saturated heterocycles. The molecular weight excluding hydrogens is 295 g/mol. The van der Waals surface area contributed by atoms with Gasteiger partial charge in [-0.25, -0.2) is 0 Å². The van der Waals surface area contributed by atoms with Crippen LogP contribution in [-0.4, -0.2) is 39.9 Å². The van der Waals surface area contributed by atoms with Crippen molar-refractivity contribution in [2.24, 2.45) is 5.92 Å². The Morgan fingerprint density at radius 2 is 2.05 bits per heavy atom. The molecular formula is C15H16F3N3O. The second-order valence-electron chi connectivity index (χ2n) is 5.69. The number of nitrogens with zero attached hydrogens (tertiary/aromatic N) is 3. The van der Waals surface area contributed by atoms with Gasteiger partial charge in [0.25, 0.3) is 0 Å². The molecule has 118 valence electrons. The second kappa shape index (κ2) is 5.62. The maximum Gasteiger partial charge on any atom is 0.406 e. The fraction of sp³-hybridized carbons (Fsp3) is 0.467. The van der Waals surface area contributed by atoms with Gasteiger partial charge >= 0.3 is 6.18 Å². The van der Waals surface area contributed by atoms with Crippen LogP contribution in [0.3, 0.4) is 0 Å². The molecule has 22 heavy (non-hydrogen) atoms. The predicted molar refractivity (Wildman–Crippen MR) is 75.1 cm³/mol. The fourth-order valence-corrected chi connectivity index (χ4v) is 2.46. The van der Waals surface area contributed by atoms with Gasteiger partial charge in [0, 0.05) is 11.9 Å². The van der Waals surface area contributed by atoms with Crippen LogP contribution in [0.25, 0.3) is 10.9 Å². The van der Waals surface area contributed by atoms with Crippen LogP contribution in [0.15, 0.2) is 30.5 Å². The first-order chi connectivity index (χ1) is 10.4. The number of amides is 1. The lowest BCUT2D eigenvalue weighted by Crippen LogP contribution is -2.42. The summed E-state index contributed by atoms with van der Waals surface area (Å²) in [5, 5.41) is 4.96. The van der Waals surface area contributed by atoms with Crippen LogP contribution in [0.4, 0.5) is 13.2 Å². The molecule has 1 saturated carbocycles. The van der Waals surface area contributed by atoms with Gasteiger partial charge in [0.1, 0.15) is 13.1 Å². The molecule has 1 heterocycles. The van der Waals surface area contributed by atoms with Crippen molar-refractivity contribution in [1.29, 1.82) is 0 Å². The minimum atomic E-state index is -4.38. The summed E-state index contributed by atoms with van der Waals surface area (Å²) in [6.45, 7) is -1.19. The van der Waals surface area contributed by atoms with E-state index in [4.69, 9.17) is 0 Å². The first kappa shape index (κ1) is 14.9. The molecule has 3 rings (SSSR count). The molecule has 7 heteroatoms. The lowest BCUT2D eigenvalue weighted by molar-refractivity contribution is -0.162. The van der Waals surface area contributed by atoms with Crippen molar-refractivity contribution >= 4 is 16.8 Å². The number of rotatable bonds is 5. The van der Waals surface area contributed by atoms with Gasteiger partial charge in [-0.05, 0) is 24.8 Å². The minimum Gasteiger partial charge on any atom is -0.332 e. The van der Waals surface area contributed by atoms with E-state index in [1.807, 2.05) is 18.2 Å². The highest BCUT2D eigenvalue weighted by atomic mass is 19.4. The van der Waals surface area contributed by atoms with Gasteiger partial charge in [-0.3, -0.25) is 9.48 Å². The molecule has 1 aromatic heterocycles. The number of hydrogen-bond donors (Lipinski definition) is 0. The predicted octanol–water partition coefficient (Wildman–Crippen LogP) is 2.84. The zero-order valence-electron chi connectivity index (χ0n) is 11.9. The van der Waals surface area contributed by atoms with Crippen molar-refractivity contribution in [1.82, 2.24) is 14.7 Å². The Balaban J connectivity index is 1.74. The van der Waals surface area contributed by atoms with E-state index < -0.39 is 18.6 Å². The number of benzene rings is 1. The summed E-state index contributed by atoms with van der Waals surface area (Å²) in [6.07, 6.45) is -0.979. The van der Waals surface area contributed by atoms with Crippen LogP contribution in [0.1, 0.15) is 12.8 Å². The Labute approximate surface area is 125 Å². The lowest BCUT2D eigenvalue weighted by Gasteiger charge is -2.24. The Morgan fingerprint density at radius 3 is 2.73 bits per heavy atom. The molecule has 1 aromatic carbocycles. The Kier molecular flexibility index (Phi) is 3.80. The van der Waals surface area contributed by atoms with E-state index >= 15 is 0 Å². The maximum atomic E-state index is 12.7. The normalized spacial score (nSPS) is 15.2. The van der Waals surface area contributed by atoms with Crippen molar-refractivity contribution in [3.63, 3.8) is 0 Å². The number of para-hydroxylation sites is 1. The monoisotopic (exact) mass is 311 g/mol. The molecule has 2 aromatic rings. The Bertz CT molecular complexity index is 676. The first-order valence-electron chi connectivity index (χ1n) is 7.17. The van der Waals surface area contributed by atoms with Gasteiger partial charge in [-0.15, -0.1) is 0 Å². The van der Waals surface area contributed by atoms with Gasteiger partial charge in [0.15, 0.2) is 0 Å². The number of carbonyl (C=O) groups excluding carboxylic acids is 1.